The molecule has 2 aromatic carbocycles. The molecule has 0 aliphatic heterocycles. The molecule has 0 saturated carbocycles. The molecule has 2 N–H and O–H groups in total. The van der Waals surface area contributed by atoms with E-state index < -0.39 is 25.1 Å². The molecule has 0 bridgehead atoms. The van der Waals surface area contributed by atoms with Gasteiger partial charge in [-0.1, -0.05) is 60.7 Å². The number of carboxylic acid groups (broad SMARTS) is 1. The van der Waals surface area contributed by atoms with Crippen molar-refractivity contribution in [1.82, 2.24) is 5.32 Å². The summed E-state index contributed by atoms with van der Waals surface area (Å²) in [5.41, 5.74) is 0. The average Bonchev–Trinajstić information content (AvgIpc) is 2.59. The molecule has 0 spiro atoms. The molecule has 0 aliphatic carbocycles. The van der Waals surface area contributed by atoms with Crippen molar-refractivity contribution in [3.8, 4) is 0 Å². The van der Waals surface area contributed by atoms with Gasteiger partial charge < -0.3 is 15.0 Å². The van der Waals surface area contributed by atoms with Gasteiger partial charge in [0.15, 0.2) is 0 Å². The van der Waals surface area contributed by atoms with Crippen LogP contribution in [0.3, 0.4) is 0 Å². The Morgan fingerprint density at radius 3 is 1.83 bits per heavy atom. The first kappa shape index (κ1) is 18.0. The minimum atomic E-state index is -2.98. The zero-order valence-corrected chi connectivity index (χ0v) is 14.3. The maximum atomic E-state index is 13.7. The summed E-state index contributed by atoms with van der Waals surface area (Å²) < 4.78 is 13.7. The van der Waals surface area contributed by atoms with Gasteiger partial charge in [-0.25, -0.2) is 4.79 Å². The number of aliphatic carboxylic acids is 1. The van der Waals surface area contributed by atoms with Crippen LogP contribution in [0.4, 0.5) is 0 Å². The molecule has 1 amide bonds. The van der Waals surface area contributed by atoms with Crippen molar-refractivity contribution >= 4 is 29.6 Å². The van der Waals surface area contributed by atoms with Crippen LogP contribution in [0.5, 0.6) is 0 Å². The first-order valence-corrected chi connectivity index (χ1v) is 9.53. The molecule has 0 aromatic heterocycles. The SMILES string of the molecule is CC(=O)NC(CCP(=O)(c1ccccc1)c1ccccc1)C(=O)O. The van der Waals surface area contributed by atoms with Crippen molar-refractivity contribution < 1.29 is 19.3 Å². The Bertz CT molecular complexity index is 703. The zero-order valence-electron chi connectivity index (χ0n) is 13.4. The van der Waals surface area contributed by atoms with Gasteiger partial charge in [-0.05, 0) is 6.42 Å². The normalized spacial score (nSPS) is 12.4. The maximum Gasteiger partial charge on any atom is 0.326 e. The third-order valence-electron chi connectivity index (χ3n) is 3.75. The number of carboxylic acids is 1. The monoisotopic (exact) mass is 345 g/mol. The van der Waals surface area contributed by atoms with Crippen molar-refractivity contribution in [1.29, 1.82) is 0 Å². The number of carbonyl (C=O) groups excluding carboxylic acids is 1. The molecule has 1 atom stereocenters. The highest BCUT2D eigenvalue weighted by molar-refractivity contribution is 7.78. The fraction of sp³-hybridized carbons (Fsp3) is 0.222. The fourth-order valence-electron chi connectivity index (χ4n) is 2.56. The standard InChI is InChI=1S/C18H20NO4P/c1-14(20)19-17(18(21)22)12-13-24(23,15-8-4-2-5-9-15)16-10-6-3-7-11-16/h2-11,17H,12-13H2,1H3,(H,19,20)(H,21,22). The molecule has 0 heterocycles. The number of hydrogen-bond donors (Lipinski definition) is 2. The number of nitrogens with one attached hydrogen (secondary N) is 1. The van der Waals surface area contributed by atoms with Crippen LogP contribution in [-0.2, 0) is 14.2 Å². The van der Waals surface area contributed by atoms with E-state index in [9.17, 15) is 19.3 Å². The molecule has 0 radical (unpaired) electrons. The first-order chi connectivity index (χ1) is 11.4. The first-order valence-electron chi connectivity index (χ1n) is 7.63. The molecule has 2 aromatic rings. The van der Waals surface area contributed by atoms with Crippen molar-refractivity contribution in [3.63, 3.8) is 0 Å². The third-order valence-corrected chi connectivity index (χ3v) is 6.91. The van der Waals surface area contributed by atoms with Gasteiger partial charge in [0.2, 0.25) is 5.91 Å². The van der Waals surface area contributed by atoms with Crippen LogP contribution in [-0.4, -0.2) is 29.2 Å². The molecular weight excluding hydrogens is 325 g/mol. The number of rotatable bonds is 7. The van der Waals surface area contributed by atoms with E-state index in [1.54, 1.807) is 24.3 Å². The smallest absolute Gasteiger partial charge is 0.326 e. The Labute approximate surface area is 141 Å². The van der Waals surface area contributed by atoms with Crippen LogP contribution < -0.4 is 15.9 Å². The van der Waals surface area contributed by atoms with Gasteiger partial charge in [-0.3, -0.25) is 4.79 Å². The van der Waals surface area contributed by atoms with E-state index in [-0.39, 0.29) is 12.6 Å². The molecule has 0 fully saturated rings. The summed E-state index contributed by atoms with van der Waals surface area (Å²) in [7, 11) is -2.98. The lowest BCUT2D eigenvalue weighted by atomic mass is 10.2. The van der Waals surface area contributed by atoms with Crippen molar-refractivity contribution in [3.05, 3.63) is 60.7 Å². The van der Waals surface area contributed by atoms with Crippen LogP contribution in [0, 0.1) is 0 Å². The van der Waals surface area contributed by atoms with Gasteiger partial charge in [-0.2, -0.15) is 0 Å². The quantitative estimate of drug-likeness (QED) is 0.752. The number of hydrogen-bond acceptors (Lipinski definition) is 3. The predicted octanol–water partition coefficient (Wildman–Crippen LogP) is 1.98. The summed E-state index contributed by atoms with van der Waals surface area (Å²) >= 11 is 0. The van der Waals surface area contributed by atoms with E-state index >= 15 is 0 Å². The Hall–Kier alpha value is -2.39. The Balaban J connectivity index is 2.33. The van der Waals surface area contributed by atoms with E-state index in [0.29, 0.717) is 10.6 Å². The fourth-order valence-corrected chi connectivity index (χ4v) is 5.30. The Morgan fingerprint density at radius 2 is 1.46 bits per heavy atom. The third kappa shape index (κ3) is 4.33. The lowest BCUT2D eigenvalue weighted by molar-refractivity contribution is -0.141. The maximum absolute atomic E-state index is 13.7. The van der Waals surface area contributed by atoms with Gasteiger partial charge in [0.1, 0.15) is 13.2 Å². The van der Waals surface area contributed by atoms with Gasteiger partial charge in [0.05, 0.1) is 0 Å². The molecule has 24 heavy (non-hydrogen) atoms. The summed E-state index contributed by atoms with van der Waals surface area (Å²) in [5, 5.41) is 13.0. The lowest BCUT2D eigenvalue weighted by Gasteiger charge is -2.21. The highest BCUT2D eigenvalue weighted by Crippen LogP contribution is 2.44. The van der Waals surface area contributed by atoms with Crippen molar-refractivity contribution in [2.75, 3.05) is 6.16 Å². The number of amides is 1. The molecule has 1 unspecified atom stereocenters. The van der Waals surface area contributed by atoms with Crippen molar-refractivity contribution in [2.24, 2.45) is 0 Å². The zero-order chi connectivity index (χ0) is 17.6. The second kappa shape index (κ2) is 7.93. The Morgan fingerprint density at radius 1 is 1.00 bits per heavy atom. The molecule has 5 nitrogen and oxygen atoms in total. The van der Waals surface area contributed by atoms with Crippen LogP contribution >= 0.6 is 7.14 Å². The van der Waals surface area contributed by atoms with Crippen LogP contribution in [0.2, 0.25) is 0 Å². The summed E-state index contributed by atoms with van der Waals surface area (Å²) in [6, 6.07) is 17.1. The van der Waals surface area contributed by atoms with E-state index in [1.165, 1.54) is 6.92 Å². The van der Waals surface area contributed by atoms with E-state index in [2.05, 4.69) is 5.32 Å². The van der Waals surface area contributed by atoms with E-state index in [0.717, 1.165) is 0 Å². The topological polar surface area (TPSA) is 83.5 Å². The van der Waals surface area contributed by atoms with E-state index in [4.69, 9.17) is 0 Å². The average molecular weight is 345 g/mol. The van der Waals surface area contributed by atoms with Gasteiger partial charge >= 0.3 is 5.97 Å². The highest BCUT2D eigenvalue weighted by atomic mass is 31.2. The van der Waals surface area contributed by atoms with E-state index in [1.807, 2.05) is 36.4 Å². The number of benzene rings is 2. The summed E-state index contributed by atoms with van der Waals surface area (Å²) in [4.78, 5) is 22.5. The van der Waals surface area contributed by atoms with Gasteiger partial charge in [0.25, 0.3) is 0 Å². The second-order valence-electron chi connectivity index (χ2n) is 5.51. The van der Waals surface area contributed by atoms with Crippen molar-refractivity contribution in [2.45, 2.75) is 19.4 Å². The highest BCUT2D eigenvalue weighted by Gasteiger charge is 2.30. The molecule has 0 aliphatic rings. The van der Waals surface area contributed by atoms with Gasteiger partial charge in [-0.15, -0.1) is 0 Å². The summed E-state index contributed by atoms with van der Waals surface area (Å²) in [5.74, 6) is -1.55. The van der Waals surface area contributed by atoms with Crippen LogP contribution in [0.15, 0.2) is 60.7 Å². The molecule has 2 rings (SSSR count). The van der Waals surface area contributed by atoms with Gasteiger partial charge in [0, 0.05) is 23.7 Å². The largest absolute Gasteiger partial charge is 0.480 e. The lowest BCUT2D eigenvalue weighted by Crippen LogP contribution is -2.40. The minimum absolute atomic E-state index is 0.0932. The van der Waals surface area contributed by atoms with Crippen LogP contribution in [0.25, 0.3) is 0 Å². The summed E-state index contributed by atoms with van der Waals surface area (Å²) in [6.45, 7) is 1.27. The molecular formula is C18H20NO4P. The number of carbonyl (C=O) groups is 2. The minimum Gasteiger partial charge on any atom is -0.480 e. The molecule has 126 valence electrons. The molecule has 6 heteroatoms. The van der Waals surface area contributed by atoms with Crippen LogP contribution in [0.1, 0.15) is 13.3 Å². The summed E-state index contributed by atoms with van der Waals surface area (Å²) in [6.07, 6.45) is 0.258. The second-order valence-corrected chi connectivity index (χ2v) is 8.47. The Kier molecular flexibility index (Phi) is 5.93. The molecule has 0 saturated heterocycles. The predicted molar refractivity (Wildman–Crippen MR) is 94.5 cm³/mol.